The van der Waals surface area contributed by atoms with Gasteiger partial charge >= 0.3 is 0 Å². The van der Waals surface area contributed by atoms with Gasteiger partial charge in [0.05, 0.1) is 12.1 Å². The largest absolute Gasteiger partial charge is 0.423 e. The lowest BCUT2D eigenvalue weighted by atomic mass is 10.1. The van der Waals surface area contributed by atoms with E-state index in [4.69, 9.17) is 4.42 Å². The van der Waals surface area contributed by atoms with Crippen molar-refractivity contribution in [1.29, 1.82) is 0 Å². The Morgan fingerprint density at radius 3 is 2.80 bits per heavy atom. The van der Waals surface area contributed by atoms with E-state index in [0.717, 1.165) is 10.4 Å². The first-order valence-electron chi connectivity index (χ1n) is 7.76. The number of hydrogen-bond acceptors (Lipinski definition) is 5. The summed E-state index contributed by atoms with van der Waals surface area (Å²) in [5, 5.41) is 12.3. The Kier molecular flexibility index (Phi) is 3.34. The first-order valence-corrected chi connectivity index (χ1v) is 7.76. The first kappa shape index (κ1) is 15.7. The van der Waals surface area contributed by atoms with Crippen LogP contribution in [-0.4, -0.2) is 43.3 Å². The van der Waals surface area contributed by atoms with Crippen LogP contribution in [0.15, 0.2) is 28.7 Å². The number of fused-ring (bicyclic) bond motifs is 1. The van der Waals surface area contributed by atoms with Crippen LogP contribution in [0.2, 0.25) is 0 Å². The van der Waals surface area contributed by atoms with Gasteiger partial charge in [-0.15, -0.1) is 10.2 Å². The second-order valence-electron chi connectivity index (χ2n) is 6.16. The van der Waals surface area contributed by atoms with Gasteiger partial charge in [0, 0.05) is 25.8 Å². The third-order valence-electron chi connectivity index (χ3n) is 4.32. The van der Waals surface area contributed by atoms with Crippen LogP contribution in [0.1, 0.15) is 34.7 Å². The Morgan fingerprint density at radius 2 is 2.08 bits per heavy atom. The highest BCUT2D eigenvalue weighted by atomic mass is 19.3. The van der Waals surface area contributed by atoms with Crippen molar-refractivity contribution in [3.63, 3.8) is 0 Å². The van der Waals surface area contributed by atoms with Gasteiger partial charge in [-0.3, -0.25) is 9.48 Å². The quantitative estimate of drug-likeness (QED) is 0.712. The molecule has 1 aliphatic heterocycles. The van der Waals surface area contributed by atoms with Gasteiger partial charge in [-0.05, 0) is 6.07 Å². The number of amides is 1. The van der Waals surface area contributed by atoms with Crippen molar-refractivity contribution in [2.45, 2.75) is 25.3 Å². The summed E-state index contributed by atoms with van der Waals surface area (Å²) >= 11 is 0. The number of alkyl halides is 2. The molecule has 3 heterocycles. The van der Waals surface area contributed by atoms with Gasteiger partial charge in [-0.2, -0.15) is 5.10 Å². The van der Waals surface area contributed by atoms with E-state index in [0.29, 0.717) is 5.39 Å². The summed E-state index contributed by atoms with van der Waals surface area (Å²) in [6, 6.07) is 6.20. The number of rotatable bonds is 2. The molecule has 25 heavy (non-hydrogen) atoms. The van der Waals surface area contributed by atoms with Gasteiger partial charge in [0.1, 0.15) is 6.04 Å². The molecule has 1 aromatic carbocycles. The molecule has 4 rings (SSSR count). The van der Waals surface area contributed by atoms with Gasteiger partial charge in [-0.25, -0.2) is 8.78 Å². The molecule has 0 N–H and O–H groups in total. The van der Waals surface area contributed by atoms with Crippen molar-refractivity contribution in [3.05, 3.63) is 41.7 Å². The minimum atomic E-state index is -3.02. The molecule has 1 aliphatic rings. The molecule has 0 bridgehead atoms. The summed E-state index contributed by atoms with van der Waals surface area (Å²) in [5.41, 5.74) is 0.888. The summed E-state index contributed by atoms with van der Waals surface area (Å²) in [4.78, 5) is 14.1. The fraction of sp³-hybridized carbons (Fsp3) is 0.375. The molecule has 2 aromatic heterocycles. The first-order chi connectivity index (χ1) is 11.9. The molecular weight excluding hydrogens is 332 g/mol. The second-order valence-corrected chi connectivity index (χ2v) is 6.16. The summed E-state index contributed by atoms with van der Waals surface area (Å²) in [6.07, 6.45) is -0.550. The topological polar surface area (TPSA) is 77.1 Å². The second kappa shape index (κ2) is 5.33. The molecule has 9 heteroatoms. The molecule has 0 unspecified atom stereocenters. The average molecular weight is 347 g/mol. The molecule has 1 saturated heterocycles. The monoisotopic (exact) mass is 347 g/mol. The Bertz CT molecular complexity index is 964. The molecule has 7 nitrogen and oxygen atoms in total. The normalized spacial score (nSPS) is 19.7. The van der Waals surface area contributed by atoms with Crippen molar-refractivity contribution < 1.29 is 18.0 Å². The van der Waals surface area contributed by atoms with E-state index < -0.39 is 30.8 Å². The van der Waals surface area contributed by atoms with E-state index in [9.17, 15) is 13.6 Å². The number of carbonyl (C=O) groups is 1. The van der Waals surface area contributed by atoms with E-state index >= 15 is 0 Å². The summed E-state index contributed by atoms with van der Waals surface area (Å²) in [5.74, 6) is -3.31. The van der Waals surface area contributed by atoms with Crippen molar-refractivity contribution in [3.8, 4) is 0 Å². The number of carbonyl (C=O) groups excluding carboxylic acids is 1. The number of benzene rings is 1. The predicted molar refractivity (Wildman–Crippen MR) is 83.1 cm³/mol. The van der Waals surface area contributed by atoms with Crippen LogP contribution in [0.3, 0.4) is 0 Å². The number of aryl methyl sites for hydroxylation is 2. The predicted octanol–water partition coefficient (Wildman–Crippen LogP) is 2.49. The molecule has 0 aliphatic carbocycles. The zero-order valence-corrected chi connectivity index (χ0v) is 13.6. The van der Waals surface area contributed by atoms with Crippen LogP contribution in [0.5, 0.6) is 0 Å². The van der Waals surface area contributed by atoms with Gasteiger partial charge in [0.15, 0.2) is 5.69 Å². The third kappa shape index (κ3) is 2.55. The van der Waals surface area contributed by atoms with E-state index in [1.54, 1.807) is 30.8 Å². The molecule has 1 atom stereocenters. The van der Waals surface area contributed by atoms with Crippen LogP contribution < -0.4 is 0 Å². The molecular formula is C16H15F2N5O2. The lowest BCUT2D eigenvalue weighted by molar-refractivity contribution is 0.0116. The highest BCUT2D eigenvalue weighted by molar-refractivity contribution is 6.05. The van der Waals surface area contributed by atoms with Gasteiger partial charge in [0.25, 0.3) is 11.8 Å². The van der Waals surface area contributed by atoms with Crippen molar-refractivity contribution in [1.82, 2.24) is 24.9 Å². The van der Waals surface area contributed by atoms with Crippen molar-refractivity contribution in [2.24, 2.45) is 7.05 Å². The maximum Gasteiger partial charge on any atom is 0.275 e. The van der Waals surface area contributed by atoms with E-state index in [-0.39, 0.29) is 17.5 Å². The van der Waals surface area contributed by atoms with E-state index in [1.807, 2.05) is 12.1 Å². The number of para-hydroxylation sites is 1. The Hall–Kier alpha value is -2.84. The van der Waals surface area contributed by atoms with Crippen LogP contribution in [0, 0.1) is 6.92 Å². The van der Waals surface area contributed by atoms with Crippen LogP contribution in [0.4, 0.5) is 8.78 Å². The molecule has 3 aromatic rings. The van der Waals surface area contributed by atoms with Crippen LogP contribution in [0.25, 0.3) is 10.9 Å². The molecule has 0 saturated carbocycles. The fourth-order valence-electron chi connectivity index (χ4n) is 3.21. The van der Waals surface area contributed by atoms with Crippen LogP contribution in [-0.2, 0) is 7.05 Å². The van der Waals surface area contributed by atoms with Crippen molar-refractivity contribution in [2.75, 3.05) is 6.54 Å². The van der Waals surface area contributed by atoms with Gasteiger partial charge in [-0.1, -0.05) is 18.2 Å². The Morgan fingerprint density at radius 1 is 1.32 bits per heavy atom. The fourth-order valence-corrected chi connectivity index (χ4v) is 3.21. The molecule has 130 valence electrons. The third-order valence-corrected chi connectivity index (χ3v) is 4.32. The highest BCUT2D eigenvalue weighted by Crippen LogP contribution is 2.41. The Balaban J connectivity index is 1.76. The van der Waals surface area contributed by atoms with E-state index in [1.165, 1.54) is 0 Å². The maximum absolute atomic E-state index is 14.0. The number of halogens is 2. The lowest BCUT2D eigenvalue weighted by Crippen LogP contribution is -2.33. The highest BCUT2D eigenvalue weighted by Gasteiger charge is 2.50. The smallest absolute Gasteiger partial charge is 0.275 e. The molecule has 1 amide bonds. The van der Waals surface area contributed by atoms with Crippen molar-refractivity contribution >= 4 is 16.8 Å². The van der Waals surface area contributed by atoms with Gasteiger partial charge in [0.2, 0.25) is 11.8 Å². The molecule has 0 spiro atoms. The maximum atomic E-state index is 14.0. The summed E-state index contributed by atoms with van der Waals surface area (Å²) in [7, 11) is 1.70. The average Bonchev–Trinajstić information content (AvgIpc) is 3.23. The number of nitrogens with zero attached hydrogens (tertiary/aromatic N) is 5. The van der Waals surface area contributed by atoms with Crippen LogP contribution >= 0.6 is 0 Å². The van der Waals surface area contributed by atoms with Gasteiger partial charge < -0.3 is 9.32 Å². The number of hydrogen-bond donors (Lipinski definition) is 0. The zero-order valence-electron chi connectivity index (χ0n) is 13.6. The minimum Gasteiger partial charge on any atom is -0.423 e. The molecule has 1 fully saturated rings. The number of aromatic nitrogens is 4. The van der Waals surface area contributed by atoms with E-state index in [2.05, 4.69) is 15.3 Å². The Labute approximate surface area is 141 Å². The zero-order chi connectivity index (χ0) is 17.8. The lowest BCUT2D eigenvalue weighted by Gasteiger charge is -2.20. The SMILES string of the molecule is Cc1nnc([C@@H]2CC(F)(F)CN2C(=O)c2nn(C)c3ccccc23)o1. The number of likely N-dealkylation sites (tertiary alicyclic amines) is 1. The minimum absolute atomic E-state index is 0.0169. The summed E-state index contributed by atoms with van der Waals surface area (Å²) < 4.78 is 34.9. The molecule has 0 radical (unpaired) electrons. The standard InChI is InChI=1S/C16H15F2N5O2/c1-9-19-20-14(25-9)12-7-16(17,18)8-23(12)15(24)13-10-5-3-4-6-11(10)22(2)21-13/h3-6,12H,7-8H2,1-2H3/t12-/m0/s1. The summed E-state index contributed by atoms with van der Waals surface area (Å²) in [6.45, 7) is 0.866.